The van der Waals surface area contributed by atoms with Gasteiger partial charge in [-0.1, -0.05) is 35.9 Å². The van der Waals surface area contributed by atoms with Gasteiger partial charge in [-0.3, -0.25) is 0 Å². The van der Waals surface area contributed by atoms with E-state index in [9.17, 15) is 0 Å². The highest BCUT2D eigenvalue weighted by molar-refractivity contribution is 6.22. The predicted octanol–water partition coefficient (Wildman–Crippen LogP) is 4.64. The van der Waals surface area contributed by atoms with Crippen molar-refractivity contribution < 1.29 is 4.74 Å². The highest BCUT2D eigenvalue weighted by Gasteiger charge is 2.13. The molecule has 0 aromatic heterocycles. The fourth-order valence-electron chi connectivity index (χ4n) is 2.07. The molecule has 0 saturated heterocycles. The van der Waals surface area contributed by atoms with Crippen LogP contribution in [-0.4, -0.2) is 7.11 Å². The number of halogens is 1. The Bertz CT molecular complexity index is 549. The van der Waals surface area contributed by atoms with Gasteiger partial charge in [-0.2, -0.15) is 0 Å². The lowest BCUT2D eigenvalue weighted by atomic mass is 9.99. The second-order valence-corrected chi connectivity index (χ2v) is 4.94. The number of hydrogen-bond acceptors (Lipinski definition) is 1. The molecule has 0 aliphatic heterocycles. The van der Waals surface area contributed by atoms with Crippen LogP contribution < -0.4 is 4.74 Å². The van der Waals surface area contributed by atoms with Gasteiger partial charge in [0.15, 0.2) is 0 Å². The van der Waals surface area contributed by atoms with Gasteiger partial charge in [0.1, 0.15) is 5.75 Å². The molecule has 0 N–H and O–H groups in total. The molecule has 0 radical (unpaired) electrons. The van der Waals surface area contributed by atoms with Gasteiger partial charge in [0.25, 0.3) is 0 Å². The third-order valence-electron chi connectivity index (χ3n) is 3.08. The van der Waals surface area contributed by atoms with E-state index < -0.39 is 0 Å². The number of hydrogen-bond donors (Lipinski definition) is 0. The number of alkyl halides is 1. The van der Waals surface area contributed by atoms with E-state index in [1.807, 2.05) is 24.3 Å². The fraction of sp³-hybridized carbons (Fsp3) is 0.250. The quantitative estimate of drug-likeness (QED) is 0.731. The first-order valence-electron chi connectivity index (χ1n) is 5.97. The average molecular weight is 261 g/mol. The van der Waals surface area contributed by atoms with Gasteiger partial charge in [-0.05, 0) is 42.7 Å². The van der Waals surface area contributed by atoms with Gasteiger partial charge in [0, 0.05) is 0 Å². The SMILES string of the molecule is COc1ccc(C(Cl)c2cccc(C)c2)c(C)c1. The van der Waals surface area contributed by atoms with E-state index >= 15 is 0 Å². The zero-order valence-corrected chi connectivity index (χ0v) is 11.7. The molecule has 0 aliphatic carbocycles. The van der Waals surface area contributed by atoms with Gasteiger partial charge in [-0.15, -0.1) is 11.6 Å². The van der Waals surface area contributed by atoms with Crippen LogP contribution in [0.4, 0.5) is 0 Å². The summed E-state index contributed by atoms with van der Waals surface area (Å²) >= 11 is 6.56. The minimum absolute atomic E-state index is 0.115. The van der Waals surface area contributed by atoms with Gasteiger partial charge in [0.05, 0.1) is 12.5 Å². The van der Waals surface area contributed by atoms with Crippen molar-refractivity contribution in [2.75, 3.05) is 7.11 Å². The van der Waals surface area contributed by atoms with Crippen molar-refractivity contribution in [2.24, 2.45) is 0 Å². The van der Waals surface area contributed by atoms with E-state index in [0.29, 0.717) is 0 Å². The molecule has 0 heterocycles. The van der Waals surface area contributed by atoms with E-state index in [1.54, 1.807) is 7.11 Å². The summed E-state index contributed by atoms with van der Waals surface area (Å²) in [5.74, 6) is 0.865. The lowest BCUT2D eigenvalue weighted by molar-refractivity contribution is 0.414. The summed E-state index contributed by atoms with van der Waals surface area (Å²) in [5, 5.41) is -0.115. The predicted molar refractivity (Wildman–Crippen MR) is 76.6 cm³/mol. The van der Waals surface area contributed by atoms with E-state index in [-0.39, 0.29) is 5.38 Å². The molecule has 0 fully saturated rings. The maximum absolute atomic E-state index is 6.56. The second kappa shape index (κ2) is 5.45. The molecule has 2 heteroatoms. The van der Waals surface area contributed by atoms with Crippen LogP contribution in [0.15, 0.2) is 42.5 Å². The summed E-state index contributed by atoms with van der Waals surface area (Å²) in [5.41, 5.74) is 4.63. The van der Waals surface area contributed by atoms with Crippen molar-refractivity contribution >= 4 is 11.6 Å². The monoisotopic (exact) mass is 260 g/mol. The molecule has 1 nitrogen and oxygen atoms in total. The van der Waals surface area contributed by atoms with Crippen LogP contribution in [0.3, 0.4) is 0 Å². The van der Waals surface area contributed by atoms with Crippen LogP contribution in [0.25, 0.3) is 0 Å². The zero-order chi connectivity index (χ0) is 13.1. The van der Waals surface area contributed by atoms with Crippen LogP contribution in [0.5, 0.6) is 5.75 Å². The Morgan fingerprint density at radius 3 is 2.44 bits per heavy atom. The van der Waals surface area contributed by atoms with Gasteiger partial charge in [0.2, 0.25) is 0 Å². The van der Waals surface area contributed by atoms with Crippen molar-refractivity contribution in [1.29, 1.82) is 0 Å². The molecular formula is C16H17ClO. The fourth-order valence-corrected chi connectivity index (χ4v) is 2.45. The van der Waals surface area contributed by atoms with Crippen molar-refractivity contribution in [3.63, 3.8) is 0 Å². The Balaban J connectivity index is 2.37. The smallest absolute Gasteiger partial charge is 0.119 e. The van der Waals surface area contributed by atoms with Crippen LogP contribution in [-0.2, 0) is 0 Å². The minimum Gasteiger partial charge on any atom is -0.497 e. The molecule has 94 valence electrons. The van der Waals surface area contributed by atoms with Gasteiger partial charge in [-0.25, -0.2) is 0 Å². The first kappa shape index (κ1) is 13.0. The molecule has 0 amide bonds. The standard InChI is InChI=1S/C16H17ClO/c1-11-5-4-6-13(9-11)16(17)15-8-7-14(18-3)10-12(15)2/h4-10,16H,1-3H3. The Labute approximate surface area is 113 Å². The van der Waals surface area contributed by atoms with Crippen molar-refractivity contribution in [3.8, 4) is 5.75 Å². The molecule has 0 spiro atoms. The van der Waals surface area contributed by atoms with Crippen LogP contribution in [0, 0.1) is 13.8 Å². The third kappa shape index (κ3) is 2.68. The summed E-state index contributed by atoms with van der Waals surface area (Å²) in [6.07, 6.45) is 0. The molecule has 2 rings (SSSR count). The Kier molecular flexibility index (Phi) is 3.93. The van der Waals surface area contributed by atoms with Crippen molar-refractivity contribution in [2.45, 2.75) is 19.2 Å². The lowest BCUT2D eigenvalue weighted by Crippen LogP contribution is -1.97. The van der Waals surface area contributed by atoms with E-state index in [1.165, 1.54) is 5.56 Å². The highest BCUT2D eigenvalue weighted by Crippen LogP contribution is 2.32. The molecule has 1 atom stereocenters. The zero-order valence-electron chi connectivity index (χ0n) is 10.9. The average Bonchev–Trinajstić information content (AvgIpc) is 2.37. The molecule has 2 aromatic carbocycles. The number of rotatable bonds is 3. The normalized spacial score (nSPS) is 12.2. The van der Waals surface area contributed by atoms with Crippen LogP contribution >= 0.6 is 11.6 Å². The van der Waals surface area contributed by atoms with E-state index in [0.717, 1.165) is 22.4 Å². The molecular weight excluding hydrogens is 244 g/mol. The minimum atomic E-state index is -0.115. The Morgan fingerprint density at radius 2 is 1.83 bits per heavy atom. The number of aryl methyl sites for hydroxylation is 2. The largest absolute Gasteiger partial charge is 0.497 e. The molecule has 2 aromatic rings. The third-order valence-corrected chi connectivity index (χ3v) is 3.57. The first-order chi connectivity index (χ1) is 8.61. The Hall–Kier alpha value is -1.47. The molecule has 0 aliphatic rings. The molecule has 1 unspecified atom stereocenters. The second-order valence-electron chi connectivity index (χ2n) is 4.50. The lowest BCUT2D eigenvalue weighted by Gasteiger charge is -2.14. The van der Waals surface area contributed by atoms with E-state index in [4.69, 9.17) is 16.3 Å². The van der Waals surface area contributed by atoms with Crippen molar-refractivity contribution in [1.82, 2.24) is 0 Å². The summed E-state index contributed by atoms with van der Waals surface area (Å²) in [7, 11) is 1.67. The molecule has 18 heavy (non-hydrogen) atoms. The Morgan fingerprint density at radius 1 is 1.06 bits per heavy atom. The van der Waals surface area contributed by atoms with Crippen molar-refractivity contribution in [3.05, 3.63) is 64.7 Å². The van der Waals surface area contributed by atoms with Crippen LogP contribution in [0.2, 0.25) is 0 Å². The first-order valence-corrected chi connectivity index (χ1v) is 6.40. The van der Waals surface area contributed by atoms with Gasteiger partial charge >= 0.3 is 0 Å². The maximum atomic E-state index is 6.56. The van der Waals surface area contributed by atoms with Crippen LogP contribution in [0.1, 0.15) is 27.6 Å². The number of methoxy groups -OCH3 is 1. The number of benzene rings is 2. The summed E-state index contributed by atoms with van der Waals surface area (Å²) < 4.78 is 5.21. The number of ether oxygens (including phenoxy) is 1. The van der Waals surface area contributed by atoms with E-state index in [2.05, 4.69) is 32.0 Å². The molecule has 0 bridgehead atoms. The molecule has 0 saturated carbocycles. The topological polar surface area (TPSA) is 9.23 Å². The summed E-state index contributed by atoms with van der Waals surface area (Å²) in [6.45, 7) is 4.14. The highest BCUT2D eigenvalue weighted by atomic mass is 35.5. The van der Waals surface area contributed by atoms with Gasteiger partial charge < -0.3 is 4.74 Å². The summed E-state index contributed by atoms with van der Waals surface area (Å²) in [6, 6.07) is 14.3. The maximum Gasteiger partial charge on any atom is 0.119 e. The summed E-state index contributed by atoms with van der Waals surface area (Å²) in [4.78, 5) is 0.